The first-order valence-corrected chi connectivity index (χ1v) is 11.9. The SMILES string of the molecule is CCOC(=O)c1c2c(c3c4ccccc4n(C)c3c1CCCNCc1ccccc1)C(=O)NC2=O. The van der Waals surface area contributed by atoms with Gasteiger partial charge in [-0.3, -0.25) is 14.9 Å². The quantitative estimate of drug-likeness (QED) is 0.230. The van der Waals surface area contributed by atoms with Gasteiger partial charge in [0.25, 0.3) is 11.8 Å². The van der Waals surface area contributed by atoms with Crippen molar-refractivity contribution in [1.82, 2.24) is 15.2 Å². The van der Waals surface area contributed by atoms with Crippen molar-refractivity contribution < 1.29 is 19.1 Å². The number of nitrogens with one attached hydrogen (secondary N) is 2. The largest absolute Gasteiger partial charge is 0.462 e. The van der Waals surface area contributed by atoms with Crippen LogP contribution in [0.15, 0.2) is 54.6 Å². The Morgan fingerprint density at radius 2 is 1.71 bits per heavy atom. The third-order valence-corrected chi connectivity index (χ3v) is 6.56. The molecule has 0 spiro atoms. The molecule has 1 aliphatic rings. The van der Waals surface area contributed by atoms with Crippen LogP contribution in [0.2, 0.25) is 0 Å². The van der Waals surface area contributed by atoms with Crippen LogP contribution in [-0.2, 0) is 24.8 Å². The normalized spacial score (nSPS) is 12.9. The topological polar surface area (TPSA) is 89.4 Å². The smallest absolute Gasteiger partial charge is 0.339 e. The van der Waals surface area contributed by atoms with Crippen molar-refractivity contribution in [2.45, 2.75) is 26.3 Å². The van der Waals surface area contributed by atoms with Crippen LogP contribution >= 0.6 is 0 Å². The van der Waals surface area contributed by atoms with E-state index in [0.717, 1.165) is 41.5 Å². The predicted octanol–water partition coefficient (Wildman–Crippen LogP) is 4.11. The number of imide groups is 1. The van der Waals surface area contributed by atoms with Crippen molar-refractivity contribution in [3.8, 4) is 0 Å². The number of esters is 1. The molecule has 1 aliphatic heterocycles. The summed E-state index contributed by atoms with van der Waals surface area (Å²) in [5.41, 5.74) is 4.25. The van der Waals surface area contributed by atoms with Crippen molar-refractivity contribution in [2.75, 3.05) is 13.2 Å². The number of aromatic nitrogens is 1. The highest BCUT2D eigenvalue weighted by molar-refractivity contribution is 6.33. The Bertz CT molecular complexity index is 1470. The van der Waals surface area contributed by atoms with Crippen LogP contribution < -0.4 is 10.6 Å². The lowest BCUT2D eigenvalue weighted by molar-refractivity contribution is 0.0521. The number of para-hydroxylation sites is 1. The van der Waals surface area contributed by atoms with Crippen LogP contribution in [0.25, 0.3) is 21.8 Å². The maximum atomic E-state index is 13.2. The summed E-state index contributed by atoms with van der Waals surface area (Å²) in [7, 11) is 1.93. The fourth-order valence-corrected chi connectivity index (χ4v) is 5.09. The number of hydrogen-bond acceptors (Lipinski definition) is 5. The zero-order chi connectivity index (χ0) is 24.5. The average molecular weight is 470 g/mol. The highest BCUT2D eigenvalue weighted by Crippen LogP contribution is 2.40. The third-order valence-electron chi connectivity index (χ3n) is 6.56. The van der Waals surface area contributed by atoms with E-state index in [9.17, 15) is 14.4 Å². The molecule has 0 saturated heterocycles. The number of aryl methyl sites for hydroxylation is 2. The molecular weight excluding hydrogens is 442 g/mol. The molecule has 35 heavy (non-hydrogen) atoms. The summed E-state index contributed by atoms with van der Waals surface area (Å²) >= 11 is 0. The van der Waals surface area contributed by atoms with E-state index in [2.05, 4.69) is 22.8 Å². The summed E-state index contributed by atoms with van der Waals surface area (Å²) in [6.45, 7) is 3.38. The van der Waals surface area contributed by atoms with Crippen molar-refractivity contribution >= 4 is 39.6 Å². The summed E-state index contributed by atoms with van der Waals surface area (Å²) in [6, 6.07) is 17.9. The summed E-state index contributed by atoms with van der Waals surface area (Å²) < 4.78 is 7.38. The van der Waals surface area contributed by atoms with Gasteiger partial charge in [0.05, 0.1) is 28.8 Å². The molecule has 0 saturated carbocycles. The van der Waals surface area contributed by atoms with Crippen LogP contribution in [0.1, 0.15) is 55.5 Å². The van der Waals surface area contributed by atoms with E-state index >= 15 is 0 Å². The van der Waals surface area contributed by atoms with Gasteiger partial charge >= 0.3 is 5.97 Å². The van der Waals surface area contributed by atoms with Crippen molar-refractivity contribution in [2.24, 2.45) is 7.05 Å². The van der Waals surface area contributed by atoms with Gasteiger partial charge in [-0.25, -0.2) is 4.79 Å². The molecule has 7 nitrogen and oxygen atoms in total. The van der Waals surface area contributed by atoms with Gasteiger partial charge in [-0.1, -0.05) is 48.5 Å². The van der Waals surface area contributed by atoms with E-state index < -0.39 is 17.8 Å². The van der Waals surface area contributed by atoms with Crippen molar-refractivity contribution in [3.63, 3.8) is 0 Å². The van der Waals surface area contributed by atoms with Gasteiger partial charge in [0.15, 0.2) is 0 Å². The molecule has 5 rings (SSSR count). The number of hydrogen-bond donors (Lipinski definition) is 2. The second-order valence-electron chi connectivity index (χ2n) is 8.67. The molecule has 2 amide bonds. The van der Waals surface area contributed by atoms with Gasteiger partial charge in [-0.15, -0.1) is 0 Å². The number of fused-ring (bicyclic) bond motifs is 5. The van der Waals surface area contributed by atoms with Gasteiger partial charge in [0, 0.05) is 29.9 Å². The second kappa shape index (κ2) is 9.35. The Labute approximate surface area is 203 Å². The molecule has 2 heterocycles. The zero-order valence-electron chi connectivity index (χ0n) is 19.8. The van der Waals surface area contributed by atoms with E-state index in [0.29, 0.717) is 11.8 Å². The molecule has 0 atom stereocenters. The number of benzene rings is 3. The minimum Gasteiger partial charge on any atom is -0.462 e. The van der Waals surface area contributed by atoms with E-state index in [1.165, 1.54) is 5.56 Å². The van der Waals surface area contributed by atoms with Gasteiger partial charge in [-0.2, -0.15) is 0 Å². The number of carbonyl (C=O) groups excluding carboxylic acids is 3. The molecular formula is C28H27N3O4. The first-order valence-electron chi connectivity index (χ1n) is 11.9. The molecule has 7 heteroatoms. The minimum absolute atomic E-state index is 0.129. The lowest BCUT2D eigenvalue weighted by Gasteiger charge is -2.16. The minimum atomic E-state index is -0.576. The Morgan fingerprint density at radius 3 is 2.49 bits per heavy atom. The predicted molar refractivity (Wildman–Crippen MR) is 135 cm³/mol. The van der Waals surface area contributed by atoms with E-state index in [1.54, 1.807) is 6.92 Å². The Balaban J connectivity index is 1.62. The molecule has 0 radical (unpaired) electrons. The summed E-state index contributed by atoms with van der Waals surface area (Å²) in [5.74, 6) is -1.60. The number of nitrogens with zero attached hydrogens (tertiary/aromatic N) is 1. The molecule has 0 aliphatic carbocycles. The number of rotatable bonds is 8. The fourth-order valence-electron chi connectivity index (χ4n) is 5.09. The van der Waals surface area contributed by atoms with Crippen molar-refractivity contribution in [3.05, 3.63) is 82.4 Å². The number of ether oxygens (including phenoxy) is 1. The van der Waals surface area contributed by atoms with Gasteiger partial charge < -0.3 is 14.6 Å². The van der Waals surface area contributed by atoms with Crippen LogP contribution in [0.4, 0.5) is 0 Å². The highest BCUT2D eigenvalue weighted by atomic mass is 16.5. The first kappa shape index (κ1) is 22.8. The summed E-state index contributed by atoms with van der Waals surface area (Å²) in [4.78, 5) is 39.0. The fraction of sp³-hybridized carbons (Fsp3) is 0.250. The monoisotopic (exact) mass is 469 g/mol. The average Bonchev–Trinajstić information content (AvgIpc) is 3.32. The summed E-state index contributed by atoms with van der Waals surface area (Å²) in [5, 5.41) is 7.44. The van der Waals surface area contributed by atoms with E-state index in [1.807, 2.05) is 54.1 Å². The van der Waals surface area contributed by atoms with Crippen LogP contribution in [-0.4, -0.2) is 35.5 Å². The van der Waals surface area contributed by atoms with E-state index in [4.69, 9.17) is 4.74 Å². The highest BCUT2D eigenvalue weighted by Gasteiger charge is 2.38. The Morgan fingerprint density at radius 1 is 1.00 bits per heavy atom. The van der Waals surface area contributed by atoms with Crippen LogP contribution in [0.5, 0.6) is 0 Å². The third kappa shape index (κ3) is 3.88. The lowest BCUT2D eigenvalue weighted by Crippen LogP contribution is -2.21. The first-order chi connectivity index (χ1) is 17.0. The zero-order valence-corrected chi connectivity index (χ0v) is 19.8. The van der Waals surface area contributed by atoms with Crippen LogP contribution in [0, 0.1) is 0 Å². The lowest BCUT2D eigenvalue weighted by atomic mass is 9.90. The maximum absolute atomic E-state index is 13.2. The van der Waals surface area contributed by atoms with Crippen molar-refractivity contribution in [1.29, 1.82) is 0 Å². The molecule has 178 valence electrons. The molecule has 4 aromatic rings. The van der Waals surface area contributed by atoms with Gasteiger partial charge in [-0.05, 0) is 43.5 Å². The second-order valence-corrected chi connectivity index (χ2v) is 8.67. The Kier molecular flexibility index (Phi) is 6.09. The Hall–Kier alpha value is -3.97. The molecule has 3 aromatic carbocycles. The molecule has 0 fully saturated rings. The number of carbonyl (C=O) groups is 3. The number of amides is 2. The van der Waals surface area contributed by atoms with Gasteiger partial charge in [0.2, 0.25) is 0 Å². The maximum Gasteiger partial charge on any atom is 0.339 e. The van der Waals surface area contributed by atoms with E-state index in [-0.39, 0.29) is 23.3 Å². The molecule has 1 aromatic heterocycles. The van der Waals surface area contributed by atoms with Gasteiger partial charge in [0.1, 0.15) is 0 Å². The van der Waals surface area contributed by atoms with Crippen LogP contribution in [0.3, 0.4) is 0 Å². The molecule has 0 bridgehead atoms. The summed E-state index contributed by atoms with van der Waals surface area (Å²) in [6.07, 6.45) is 1.29. The molecule has 2 N–H and O–H groups in total. The standard InChI is InChI=1S/C28H27N3O4/c1-3-35-28(34)22-19(13-9-15-29-16-17-10-5-4-6-11-17)25-21(23-24(22)27(33)30-26(23)32)18-12-7-8-14-20(18)31(25)2/h4-8,10-12,14,29H,3,9,13,15-16H2,1-2H3,(H,30,32,33). The molecule has 0 unspecified atom stereocenters.